The Bertz CT molecular complexity index is 505. The SMILES string of the molecule is COc1cc(C(C)=O)ccc1OC(F)(F)C(=O)NN. The smallest absolute Gasteiger partial charge is 0.483 e. The molecule has 0 aliphatic rings. The highest BCUT2D eigenvalue weighted by atomic mass is 19.3. The summed E-state index contributed by atoms with van der Waals surface area (Å²) in [6.07, 6.45) is -4.15. The Hall–Kier alpha value is -2.22. The van der Waals surface area contributed by atoms with E-state index in [0.717, 1.165) is 6.07 Å². The van der Waals surface area contributed by atoms with Crippen molar-refractivity contribution in [2.75, 3.05) is 7.11 Å². The fraction of sp³-hybridized carbons (Fsp3) is 0.273. The molecular weight excluding hydrogens is 262 g/mol. The maximum Gasteiger partial charge on any atom is 0.483 e. The van der Waals surface area contributed by atoms with Gasteiger partial charge in [-0.15, -0.1) is 0 Å². The van der Waals surface area contributed by atoms with Crippen LogP contribution in [0.3, 0.4) is 0 Å². The minimum Gasteiger partial charge on any atom is -0.493 e. The van der Waals surface area contributed by atoms with Crippen molar-refractivity contribution in [3.05, 3.63) is 23.8 Å². The summed E-state index contributed by atoms with van der Waals surface area (Å²) in [5.41, 5.74) is 1.54. The molecule has 6 nitrogen and oxygen atoms in total. The molecule has 0 atom stereocenters. The first-order chi connectivity index (χ1) is 8.81. The number of hydrazine groups is 1. The van der Waals surface area contributed by atoms with Crippen LogP contribution in [0.1, 0.15) is 17.3 Å². The van der Waals surface area contributed by atoms with E-state index in [1.54, 1.807) is 0 Å². The molecule has 1 aromatic rings. The highest BCUT2D eigenvalue weighted by Crippen LogP contribution is 2.32. The number of hydrogen-bond donors (Lipinski definition) is 2. The topological polar surface area (TPSA) is 90.6 Å². The van der Waals surface area contributed by atoms with Gasteiger partial charge in [0.2, 0.25) is 0 Å². The van der Waals surface area contributed by atoms with Gasteiger partial charge in [-0.05, 0) is 25.1 Å². The number of alkyl halides is 2. The first-order valence-corrected chi connectivity index (χ1v) is 5.08. The molecular formula is C11H12F2N2O4. The number of rotatable bonds is 5. The van der Waals surface area contributed by atoms with Crippen LogP contribution in [-0.2, 0) is 4.79 Å². The lowest BCUT2D eigenvalue weighted by Gasteiger charge is -2.17. The second-order valence-electron chi connectivity index (χ2n) is 3.51. The van der Waals surface area contributed by atoms with Gasteiger partial charge < -0.3 is 9.47 Å². The van der Waals surface area contributed by atoms with Gasteiger partial charge >= 0.3 is 12.0 Å². The molecule has 1 aromatic carbocycles. The molecule has 0 heterocycles. The monoisotopic (exact) mass is 274 g/mol. The number of benzene rings is 1. The van der Waals surface area contributed by atoms with E-state index in [1.807, 2.05) is 0 Å². The second kappa shape index (κ2) is 5.61. The predicted octanol–water partition coefficient (Wildman–Crippen LogP) is 0.859. The van der Waals surface area contributed by atoms with Gasteiger partial charge in [-0.25, -0.2) is 5.84 Å². The number of amides is 1. The molecule has 0 aliphatic carbocycles. The zero-order chi connectivity index (χ0) is 14.6. The van der Waals surface area contributed by atoms with E-state index in [1.165, 1.54) is 31.6 Å². The highest BCUT2D eigenvalue weighted by molar-refractivity contribution is 5.94. The van der Waals surface area contributed by atoms with Crippen LogP contribution in [0.25, 0.3) is 0 Å². The van der Waals surface area contributed by atoms with Gasteiger partial charge in [-0.1, -0.05) is 0 Å². The lowest BCUT2D eigenvalue weighted by atomic mass is 10.1. The molecule has 1 rings (SSSR count). The van der Waals surface area contributed by atoms with Gasteiger partial charge in [0, 0.05) is 5.56 Å². The van der Waals surface area contributed by atoms with Crippen molar-refractivity contribution in [3.8, 4) is 11.5 Å². The molecule has 0 bridgehead atoms. The van der Waals surface area contributed by atoms with Crippen LogP contribution in [-0.4, -0.2) is 24.9 Å². The van der Waals surface area contributed by atoms with E-state index in [-0.39, 0.29) is 22.8 Å². The number of ketones is 1. The van der Waals surface area contributed by atoms with Crippen molar-refractivity contribution in [2.45, 2.75) is 13.0 Å². The molecule has 8 heteroatoms. The average molecular weight is 274 g/mol. The summed E-state index contributed by atoms with van der Waals surface area (Å²) in [6, 6.07) is 3.61. The summed E-state index contributed by atoms with van der Waals surface area (Å²) in [6.45, 7) is 1.31. The number of Topliss-reactive ketones (excluding diaryl/α,β-unsaturated/α-hetero) is 1. The molecule has 0 unspecified atom stereocenters. The summed E-state index contributed by atoms with van der Waals surface area (Å²) < 4.78 is 35.6. The zero-order valence-electron chi connectivity index (χ0n) is 10.2. The quantitative estimate of drug-likeness (QED) is 0.359. The van der Waals surface area contributed by atoms with Gasteiger partial charge in [-0.3, -0.25) is 15.0 Å². The van der Waals surface area contributed by atoms with E-state index < -0.39 is 12.0 Å². The fourth-order valence-corrected chi connectivity index (χ4v) is 1.24. The van der Waals surface area contributed by atoms with Crippen molar-refractivity contribution in [2.24, 2.45) is 5.84 Å². The minimum absolute atomic E-state index is 0.0998. The maximum absolute atomic E-state index is 13.2. The maximum atomic E-state index is 13.2. The van der Waals surface area contributed by atoms with Crippen LogP contribution >= 0.6 is 0 Å². The van der Waals surface area contributed by atoms with Crippen LogP contribution < -0.4 is 20.7 Å². The zero-order valence-corrected chi connectivity index (χ0v) is 10.2. The number of carbonyl (C=O) groups is 2. The summed E-state index contributed by atoms with van der Waals surface area (Å²) in [5, 5.41) is 0. The Kier molecular flexibility index (Phi) is 4.38. The molecule has 0 fully saturated rings. The average Bonchev–Trinajstić information content (AvgIpc) is 2.37. The normalized spacial score (nSPS) is 10.8. The Morgan fingerprint density at radius 2 is 1.95 bits per heavy atom. The molecule has 104 valence electrons. The standard InChI is InChI=1S/C11H12F2N2O4/c1-6(16)7-3-4-8(9(5-7)18-2)19-11(12,13)10(17)15-14/h3-5H,14H2,1-2H3,(H,15,17). The number of methoxy groups -OCH3 is 1. The van der Waals surface area contributed by atoms with E-state index >= 15 is 0 Å². The molecule has 0 aromatic heterocycles. The summed E-state index contributed by atoms with van der Waals surface area (Å²) in [5.74, 6) is 2.06. The summed E-state index contributed by atoms with van der Waals surface area (Å²) >= 11 is 0. The van der Waals surface area contributed by atoms with Crippen molar-refractivity contribution < 1.29 is 27.8 Å². The van der Waals surface area contributed by atoms with E-state index in [9.17, 15) is 18.4 Å². The van der Waals surface area contributed by atoms with Crippen molar-refractivity contribution >= 4 is 11.7 Å². The van der Waals surface area contributed by atoms with Crippen molar-refractivity contribution in [3.63, 3.8) is 0 Å². The van der Waals surface area contributed by atoms with E-state index in [0.29, 0.717) is 0 Å². The van der Waals surface area contributed by atoms with Crippen molar-refractivity contribution in [1.82, 2.24) is 5.43 Å². The van der Waals surface area contributed by atoms with Gasteiger partial charge in [0.15, 0.2) is 17.3 Å². The lowest BCUT2D eigenvalue weighted by molar-refractivity contribution is -0.193. The third kappa shape index (κ3) is 3.38. The Morgan fingerprint density at radius 3 is 2.42 bits per heavy atom. The highest BCUT2D eigenvalue weighted by Gasteiger charge is 2.42. The number of carbonyl (C=O) groups excluding carboxylic acids is 2. The first kappa shape index (κ1) is 14.8. The molecule has 3 N–H and O–H groups in total. The van der Waals surface area contributed by atoms with Crippen LogP contribution in [0, 0.1) is 0 Å². The molecule has 0 saturated carbocycles. The minimum atomic E-state index is -4.15. The van der Waals surface area contributed by atoms with Gasteiger partial charge in [0.05, 0.1) is 7.11 Å². The Morgan fingerprint density at radius 1 is 1.32 bits per heavy atom. The predicted molar refractivity (Wildman–Crippen MR) is 60.9 cm³/mol. The Balaban J connectivity index is 3.08. The third-order valence-corrected chi connectivity index (χ3v) is 2.20. The largest absolute Gasteiger partial charge is 0.493 e. The van der Waals surface area contributed by atoms with E-state index in [4.69, 9.17) is 4.74 Å². The van der Waals surface area contributed by atoms with Crippen LogP contribution in [0.4, 0.5) is 8.78 Å². The summed E-state index contributed by atoms with van der Waals surface area (Å²) in [4.78, 5) is 21.9. The molecule has 19 heavy (non-hydrogen) atoms. The molecule has 0 aliphatic heterocycles. The van der Waals surface area contributed by atoms with E-state index in [2.05, 4.69) is 10.6 Å². The van der Waals surface area contributed by atoms with Crippen LogP contribution in [0.15, 0.2) is 18.2 Å². The summed E-state index contributed by atoms with van der Waals surface area (Å²) in [7, 11) is 1.22. The first-order valence-electron chi connectivity index (χ1n) is 5.08. The lowest BCUT2D eigenvalue weighted by Crippen LogP contribution is -2.47. The number of nitrogens with two attached hydrogens (primary N) is 1. The second-order valence-corrected chi connectivity index (χ2v) is 3.51. The van der Waals surface area contributed by atoms with Crippen molar-refractivity contribution in [1.29, 1.82) is 0 Å². The molecule has 0 radical (unpaired) electrons. The number of ether oxygens (including phenoxy) is 2. The number of halogens is 2. The number of hydrogen-bond acceptors (Lipinski definition) is 5. The van der Waals surface area contributed by atoms with Crippen LogP contribution in [0.2, 0.25) is 0 Å². The molecule has 1 amide bonds. The Labute approximate surface area is 107 Å². The fourth-order valence-electron chi connectivity index (χ4n) is 1.24. The van der Waals surface area contributed by atoms with Gasteiger partial charge in [0.25, 0.3) is 0 Å². The van der Waals surface area contributed by atoms with Gasteiger partial charge in [0.1, 0.15) is 0 Å². The van der Waals surface area contributed by atoms with Crippen LogP contribution in [0.5, 0.6) is 11.5 Å². The van der Waals surface area contributed by atoms with Gasteiger partial charge in [-0.2, -0.15) is 8.78 Å². The molecule has 0 spiro atoms. The molecule has 0 saturated heterocycles. The third-order valence-electron chi connectivity index (χ3n) is 2.20. The number of nitrogens with one attached hydrogen (secondary N) is 1.